The van der Waals surface area contributed by atoms with E-state index in [4.69, 9.17) is 14.2 Å². The van der Waals surface area contributed by atoms with Crippen LogP contribution in [0.2, 0.25) is 0 Å². The molecule has 2 rings (SSSR count). The minimum atomic E-state index is -0.304. The van der Waals surface area contributed by atoms with Crippen molar-refractivity contribution in [2.75, 3.05) is 19.8 Å². The molecule has 102 valence electrons. The highest BCUT2D eigenvalue weighted by Crippen LogP contribution is 2.20. The van der Waals surface area contributed by atoms with Gasteiger partial charge in [-0.1, -0.05) is 30.3 Å². The second-order valence-electron chi connectivity index (χ2n) is 4.16. The summed E-state index contributed by atoms with van der Waals surface area (Å²) in [5.74, 6) is 0.836. The molecule has 0 unspecified atom stereocenters. The van der Waals surface area contributed by atoms with Crippen LogP contribution < -0.4 is 4.74 Å². The highest BCUT2D eigenvalue weighted by Gasteiger charge is 2.08. The van der Waals surface area contributed by atoms with Gasteiger partial charge in [0.05, 0.1) is 0 Å². The summed E-state index contributed by atoms with van der Waals surface area (Å²) >= 11 is 0. The molecule has 0 saturated heterocycles. The van der Waals surface area contributed by atoms with Gasteiger partial charge in [-0.3, -0.25) is 0 Å². The Morgan fingerprint density at radius 3 is 2.26 bits per heavy atom. The third-order valence-electron chi connectivity index (χ3n) is 2.81. The Hall–Kier alpha value is -1.58. The molecule has 2 aromatic carbocycles. The van der Waals surface area contributed by atoms with Gasteiger partial charge in [0.2, 0.25) is 0 Å². The van der Waals surface area contributed by atoms with Crippen LogP contribution in [0.4, 0.5) is 0 Å². The summed E-state index contributed by atoms with van der Waals surface area (Å²) in [4.78, 5) is 0. The quantitative estimate of drug-likeness (QED) is 0.712. The lowest BCUT2D eigenvalue weighted by molar-refractivity contribution is -0.152. The lowest BCUT2D eigenvalue weighted by atomic mass is 10.1. The van der Waals surface area contributed by atoms with Gasteiger partial charge in [-0.2, -0.15) is 0 Å². The van der Waals surface area contributed by atoms with Gasteiger partial charge in [-0.05, 0) is 36.8 Å². The van der Waals surface area contributed by atoms with E-state index in [0.717, 1.165) is 5.75 Å². The van der Waals surface area contributed by atoms with E-state index >= 15 is 0 Å². The van der Waals surface area contributed by atoms with Crippen molar-refractivity contribution in [1.29, 1.82) is 0 Å². The normalized spacial score (nSPS) is 11.1. The van der Waals surface area contributed by atoms with Crippen LogP contribution in [0.5, 0.6) is 5.75 Å². The molecule has 0 aromatic heterocycles. The molecule has 19 heavy (non-hydrogen) atoms. The number of rotatable bonds is 7. The maximum absolute atomic E-state index is 5.73. The Morgan fingerprint density at radius 1 is 0.895 bits per heavy atom. The number of ether oxygens (including phenoxy) is 3. The number of benzene rings is 2. The molecule has 3 heteroatoms. The van der Waals surface area contributed by atoms with Gasteiger partial charge in [0.15, 0.2) is 6.29 Å². The molecule has 0 amide bonds. The van der Waals surface area contributed by atoms with Crippen molar-refractivity contribution in [3.05, 3.63) is 42.5 Å². The van der Waals surface area contributed by atoms with Crippen molar-refractivity contribution in [2.24, 2.45) is 0 Å². The van der Waals surface area contributed by atoms with E-state index in [1.165, 1.54) is 10.8 Å². The Morgan fingerprint density at radius 2 is 1.58 bits per heavy atom. The van der Waals surface area contributed by atoms with Crippen LogP contribution in [-0.4, -0.2) is 26.1 Å². The molecular weight excluding hydrogens is 240 g/mol. The summed E-state index contributed by atoms with van der Waals surface area (Å²) in [6.07, 6.45) is -0.304. The Kier molecular flexibility index (Phi) is 5.19. The molecule has 0 spiro atoms. The van der Waals surface area contributed by atoms with Gasteiger partial charge in [-0.25, -0.2) is 0 Å². The van der Waals surface area contributed by atoms with E-state index in [0.29, 0.717) is 19.8 Å². The van der Waals surface area contributed by atoms with Crippen LogP contribution in [0, 0.1) is 0 Å². The van der Waals surface area contributed by atoms with Gasteiger partial charge < -0.3 is 14.2 Å². The van der Waals surface area contributed by atoms with Crippen LogP contribution in [-0.2, 0) is 9.47 Å². The molecule has 0 bridgehead atoms. The molecule has 2 aromatic rings. The highest BCUT2D eigenvalue weighted by atomic mass is 16.7. The van der Waals surface area contributed by atoms with Crippen LogP contribution in [0.1, 0.15) is 13.8 Å². The molecule has 0 aliphatic carbocycles. The van der Waals surface area contributed by atoms with E-state index in [2.05, 4.69) is 18.2 Å². The molecular formula is C16H20O3. The SMILES string of the molecule is CCOC(COc1ccc2ccccc2c1)OCC. The molecule has 3 nitrogen and oxygen atoms in total. The molecule has 0 heterocycles. The first-order valence-corrected chi connectivity index (χ1v) is 6.68. The first-order valence-electron chi connectivity index (χ1n) is 6.68. The summed E-state index contributed by atoms with van der Waals surface area (Å²) in [6.45, 7) is 5.53. The van der Waals surface area contributed by atoms with Crippen molar-refractivity contribution in [2.45, 2.75) is 20.1 Å². The minimum absolute atomic E-state index is 0.304. The Labute approximate surface area is 114 Å². The average Bonchev–Trinajstić information content (AvgIpc) is 2.45. The molecule has 0 aliphatic heterocycles. The summed E-state index contributed by atoms with van der Waals surface area (Å²) in [5, 5.41) is 2.38. The van der Waals surface area contributed by atoms with Gasteiger partial charge in [0.1, 0.15) is 12.4 Å². The summed E-state index contributed by atoms with van der Waals surface area (Å²) in [7, 11) is 0. The zero-order valence-corrected chi connectivity index (χ0v) is 11.5. The first-order chi connectivity index (χ1) is 9.33. The maximum atomic E-state index is 5.73. The van der Waals surface area contributed by atoms with Crippen molar-refractivity contribution in [1.82, 2.24) is 0 Å². The van der Waals surface area contributed by atoms with E-state index in [1.807, 2.05) is 38.1 Å². The zero-order valence-electron chi connectivity index (χ0n) is 11.5. The Bertz CT molecular complexity index is 504. The number of hydrogen-bond donors (Lipinski definition) is 0. The largest absolute Gasteiger partial charge is 0.488 e. The van der Waals surface area contributed by atoms with Crippen molar-refractivity contribution >= 4 is 10.8 Å². The second kappa shape index (κ2) is 7.12. The summed E-state index contributed by atoms with van der Waals surface area (Å²) in [5.41, 5.74) is 0. The molecule has 0 radical (unpaired) electrons. The van der Waals surface area contributed by atoms with Gasteiger partial charge in [-0.15, -0.1) is 0 Å². The van der Waals surface area contributed by atoms with Gasteiger partial charge >= 0.3 is 0 Å². The lowest BCUT2D eigenvalue weighted by Crippen LogP contribution is -2.25. The Balaban J connectivity index is 2.00. The highest BCUT2D eigenvalue weighted by molar-refractivity contribution is 5.83. The molecule has 0 N–H and O–H groups in total. The fourth-order valence-electron chi connectivity index (χ4n) is 1.94. The van der Waals surface area contributed by atoms with E-state index in [9.17, 15) is 0 Å². The van der Waals surface area contributed by atoms with Gasteiger partial charge in [0.25, 0.3) is 0 Å². The second-order valence-corrected chi connectivity index (χ2v) is 4.16. The first kappa shape index (κ1) is 13.8. The van der Waals surface area contributed by atoms with Crippen LogP contribution in [0.3, 0.4) is 0 Å². The zero-order chi connectivity index (χ0) is 13.5. The minimum Gasteiger partial charge on any atom is -0.488 e. The van der Waals surface area contributed by atoms with E-state index in [-0.39, 0.29) is 6.29 Å². The molecule has 0 atom stereocenters. The fourth-order valence-corrected chi connectivity index (χ4v) is 1.94. The smallest absolute Gasteiger partial charge is 0.191 e. The maximum Gasteiger partial charge on any atom is 0.191 e. The molecule has 0 aliphatic rings. The number of hydrogen-bond acceptors (Lipinski definition) is 3. The molecule has 0 saturated carbocycles. The van der Waals surface area contributed by atoms with Crippen LogP contribution >= 0.6 is 0 Å². The van der Waals surface area contributed by atoms with Crippen molar-refractivity contribution in [3.8, 4) is 5.75 Å². The monoisotopic (exact) mass is 260 g/mol. The van der Waals surface area contributed by atoms with Crippen LogP contribution in [0.25, 0.3) is 10.8 Å². The third-order valence-corrected chi connectivity index (χ3v) is 2.81. The predicted molar refractivity (Wildman–Crippen MR) is 76.5 cm³/mol. The van der Waals surface area contributed by atoms with Crippen LogP contribution in [0.15, 0.2) is 42.5 Å². The van der Waals surface area contributed by atoms with Crippen molar-refractivity contribution < 1.29 is 14.2 Å². The third kappa shape index (κ3) is 3.94. The number of fused-ring (bicyclic) bond motifs is 1. The fraction of sp³-hybridized carbons (Fsp3) is 0.375. The van der Waals surface area contributed by atoms with E-state index in [1.54, 1.807) is 0 Å². The average molecular weight is 260 g/mol. The lowest BCUT2D eigenvalue weighted by Gasteiger charge is -2.17. The summed E-state index contributed by atoms with van der Waals surface area (Å²) in [6, 6.07) is 14.3. The van der Waals surface area contributed by atoms with E-state index < -0.39 is 0 Å². The topological polar surface area (TPSA) is 27.7 Å². The molecule has 0 fully saturated rings. The standard InChI is InChI=1S/C16H20O3/c1-3-17-16(18-4-2)12-19-15-10-9-13-7-5-6-8-14(13)11-15/h5-11,16H,3-4,12H2,1-2H3. The van der Waals surface area contributed by atoms with Crippen molar-refractivity contribution in [3.63, 3.8) is 0 Å². The predicted octanol–water partition coefficient (Wildman–Crippen LogP) is 3.62. The summed E-state index contributed by atoms with van der Waals surface area (Å²) < 4.78 is 16.6. The van der Waals surface area contributed by atoms with Gasteiger partial charge in [0, 0.05) is 13.2 Å².